The van der Waals surface area contributed by atoms with Crippen LogP contribution in [0.5, 0.6) is 0 Å². The molecule has 0 aliphatic carbocycles. The van der Waals surface area contributed by atoms with E-state index in [-0.39, 0.29) is 30.1 Å². The lowest BCUT2D eigenvalue weighted by atomic mass is 10.2. The van der Waals surface area contributed by atoms with Crippen LogP contribution in [0, 0.1) is 0 Å². The second-order valence-electron chi connectivity index (χ2n) is 3.35. The van der Waals surface area contributed by atoms with E-state index in [2.05, 4.69) is 15.9 Å². The van der Waals surface area contributed by atoms with Gasteiger partial charge in [0.2, 0.25) is 0 Å². The summed E-state index contributed by atoms with van der Waals surface area (Å²) in [4.78, 5) is 23.0. The number of ketones is 1. The molecule has 0 rings (SSSR count). The van der Waals surface area contributed by atoms with Crippen LogP contribution in [0.4, 0.5) is 8.78 Å². The molecular formula is C9H14BrF2NO2. The fourth-order valence-electron chi connectivity index (χ4n) is 1.06. The van der Waals surface area contributed by atoms with Crippen LogP contribution in [0.2, 0.25) is 0 Å². The lowest BCUT2D eigenvalue weighted by Crippen LogP contribution is -2.41. The quantitative estimate of drug-likeness (QED) is 0.699. The van der Waals surface area contributed by atoms with Gasteiger partial charge in [-0.05, 0) is 13.8 Å². The summed E-state index contributed by atoms with van der Waals surface area (Å²) in [5.74, 6) is -1.32. The monoisotopic (exact) mass is 285 g/mol. The normalized spacial score (nSPS) is 10.9. The molecule has 0 N–H and O–H groups in total. The number of nitrogens with zero attached hydrogens (tertiary/aromatic N) is 1. The van der Waals surface area contributed by atoms with Gasteiger partial charge in [0.15, 0.2) is 0 Å². The topological polar surface area (TPSA) is 37.4 Å². The van der Waals surface area contributed by atoms with Crippen molar-refractivity contribution >= 4 is 27.6 Å². The highest BCUT2D eigenvalue weighted by Crippen LogP contribution is 2.07. The average Bonchev–Trinajstić information content (AvgIpc) is 2.16. The van der Waals surface area contributed by atoms with Gasteiger partial charge in [0, 0.05) is 19.0 Å². The Kier molecular flexibility index (Phi) is 6.63. The number of carbonyl (C=O) groups is 2. The highest BCUT2D eigenvalue weighted by atomic mass is 79.9. The summed E-state index contributed by atoms with van der Waals surface area (Å²) in [5.41, 5.74) is 0. The molecule has 0 aromatic carbocycles. The van der Waals surface area contributed by atoms with Crippen molar-refractivity contribution in [1.29, 1.82) is 0 Å². The van der Waals surface area contributed by atoms with Crippen LogP contribution in [0.1, 0.15) is 20.3 Å². The van der Waals surface area contributed by atoms with Gasteiger partial charge in [-0.3, -0.25) is 9.59 Å². The molecule has 0 radical (unpaired) electrons. The minimum absolute atomic E-state index is 0.0469. The maximum absolute atomic E-state index is 12.2. The van der Waals surface area contributed by atoms with Crippen LogP contribution < -0.4 is 0 Å². The zero-order valence-corrected chi connectivity index (χ0v) is 10.3. The summed E-state index contributed by atoms with van der Waals surface area (Å²) in [6, 6.07) is -0.324. The van der Waals surface area contributed by atoms with Gasteiger partial charge >= 0.3 is 6.43 Å². The molecule has 0 heterocycles. The number of halogens is 3. The molecular weight excluding hydrogens is 272 g/mol. The molecule has 0 saturated carbocycles. The van der Waals surface area contributed by atoms with Gasteiger partial charge in [0.1, 0.15) is 5.78 Å². The van der Waals surface area contributed by atoms with Crippen LogP contribution in [0.3, 0.4) is 0 Å². The van der Waals surface area contributed by atoms with E-state index >= 15 is 0 Å². The minimum atomic E-state index is -3.01. The molecule has 1 amide bonds. The molecule has 0 atom stereocenters. The number of hydrogen-bond donors (Lipinski definition) is 0. The summed E-state index contributed by atoms with van der Waals surface area (Å²) in [6.45, 7) is 3.32. The minimum Gasteiger partial charge on any atom is -0.335 e. The van der Waals surface area contributed by atoms with Gasteiger partial charge in [0.25, 0.3) is 5.91 Å². The van der Waals surface area contributed by atoms with E-state index < -0.39 is 12.3 Å². The first-order valence-corrected chi connectivity index (χ1v) is 5.68. The van der Waals surface area contributed by atoms with Gasteiger partial charge in [-0.25, -0.2) is 0 Å². The lowest BCUT2D eigenvalue weighted by molar-refractivity contribution is -0.144. The van der Waals surface area contributed by atoms with Crippen molar-refractivity contribution in [2.24, 2.45) is 0 Å². The lowest BCUT2D eigenvalue weighted by Gasteiger charge is -2.25. The molecule has 0 saturated heterocycles. The molecule has 0 fully saturated rings. The Morgan fingerprint density at radius 1 is 1.33 bits per heavy atom. The maximum atomic E-state index is 12.2. The molecule has 0 aromatic rings. The third-order valence-corrected chi connectivity index (χ3v) is 2.50. The molecule has 0 spiro atoms. The Morgan fingerprint density at radius 3 is 2.20 bits per heavy atom. The third kappa shape index (κ3) is 5.20. The van der Waals surface area contributed by atoms with Gasteiger partial charge in [-0.1, -0.05) is 15.9 Å². The number of alkyl halides is 3. The van der Waals surface area contributed by atoms with Gasteiger partial charge in [-0.2, -0.15) is 8.78 Å². The van der Waals surface area contributed by atoms with E-state index in [0.717, 1.165) is 4.90 Å². The predicted octanol–water partition coefficient (Wildman–Crippen LogP) is 1.84. The Hall–Kier alpha value is -0.520. The predicted molar refractivity (Wildman–Crippen MR) is 56.3 cm³/mol. The van der Waals surface area contributed by atoms with Crippen LogP contribution in [-0.2, 0) is 9.59 Å². The average molecular weight is 286 g/mol. The maximum Gasteiger partial charge on any atom is 0.315 e. The second-order valence-corrected chi connectivity index (χ2v) is 3.91. The first-order valence-electron chi connectivity index (χ1n) is 4.56. The van der Waals surface area contributed by atoms with Crippen LogP contribution in [0.15, 0.2) is 0 Å². The van der Waals surface area contributed by atoms with Crippen molar-refractivity contribution in [1.82, 2.24) is 4.90 Å². The molecule has 3 nitrogen and oxygen atoms in total. The largest absolute Gasteiger partial charge is 0.335 e. The molecule has 0 aliphatic heterocycles. The SMILES string of the molecule is CC(C)N(CCC(=O)CBr)C(=O)C(F)F. The zero-order valence-electron chi connectivity index (χ0n) is 8.67. The van der Waals surface area contributed by atoms with Crippen molar-refractivity contribution in [2.75, 3.05) is 11.9 Å². The van der Waals surface area contributed by atoms with E-state index in [4.69, 9.17) is 0 Å². The summed E-state index contributed by atoms with van der Waals surface area (Å²) in [5, 5.41) is 0.182. The zero-order chi connectivity index (χ0) is 12.0. The van der Waals surface area contributed by atoms with E-state index in [1.807, 2.05) is 0 Å². The number of Topliss-reactive ketones (excluding diaryl/α,β-unsaturated/α-hetero) is 1. The first kappa shape index (κ1) is 14.5. The molecule has 15 heavy (non-hydrogen) atoms. The Labute approximate surface area is 95.9 Å². The molecule has 0 aromatic heterocycles. The molecule has 6 heteroatoms. The van der Waals surface area contributed by atoms with Crippen molar-refractivity contribution in [3.63, 3.8) is 0 Å². The van der Waals surface area contributed by atoms with Crippen molar-refractivity contribution in [3.8, 4) is 0 Å². The number of hydrogen-bond acceptors (Lipinski definition) is 2. The van der Waals surface area contributed by atoms with E-state index in [1.54, 1.807) is 13.8 Å². The fraction of sp³-hybridized carbons (Fsp3) is 0.778. The van der Waals surface area contributed by atoms with Crippen LogP contribution >= 0.6 is 15.9 Å². The highest BCUT2D eigenvalue weighted by Gasteiger charge is 2.25. The summed E-state index contributed by atoms with van der Waals surface area (Å²) in [6.07, 6.45) is -2.91. The van der Waals surface area contributed by atoms with E-state index in [1.165, 1.54) is 0 Å². The Bertz CT molecular complexity index is 234. The Morgan fingerprint density at radius 2 is 1.87 bits per heavy atom. The van der Waals surface area contributed by atoms with Gasteiger partial charge < -0.3 is 4.90 Å². The van der Waals surface area contributed by atoms with Crippen molar-refractivity contribution in [3.05, 3.63) is 0 Å². The highest BCUT2D eigenvalue weighted by molar-refractivity contribution is 9.09. The molecule has 0 unspecified atom stereocenters. The summed E-state index contributed by atoms with van der Waals surface area (Å²) in [7, 11) is 0. The van der Waals surface area contributed by atoms with Crippen molar-refractivity contribution < 1.29 is 18.4 Å². The summed E-state index contributed by atoms with van der Waals surface area (Å²) >= 11 is 2.97. The smallest absolute Gasteiger partial charge is 0.315 e. The van der Waals surface area contributed by atoms with Gasteiger partial charge in [-0.15, -0.1) is 0 Å². The molecule has 0 bridgehead atoms. The first-order chi connectivity index (χ1) is 6.90. The van der Waals surface area contributed by atoms with Gasteiger partial charge in [0.05, 0.1) is 5.33 Å². The second kappa shape index (κ2) is 6.87. The molecule has 0 aliphatic rings. The number of carbonyl (C=O) groups excluding carboxylic acids is 2. The van der Waals surface area contributed by atoms with E-state index in [0.29, 0.717) is 0 Å². The number of amides is 1. The van der Waals surface area contributed by atoms with Crippen LogP contribution in [0.25, 0.3) is 0 Å². The van der Waals surface area contributed by atoms with Crippen LogP contribution in [-0.4, -0.2) is 40.9 Å². The van der Waals surface area contributed by atoms with Crippen molar-refractivity contribution in [2.45, 2.75) is 32.7 Å². The third-order valence-electron chi connectivity index (χ3n) is 1.87. The standard InChI is InChI=1S/C9H14BrF2NO2/c1-6(2)13(9(15)8(11)12)4-3-7(14)5-10/h6,8H,3-5H2,1-2H3. The number of rotatable bonds is 6. The molecule has 88 valence electrons. The summed E-state index contributed by atoms with van der Waals surface area (Å²) < 4.78 is 24.3. The Balaban J connectivity index is 4.29. The fourth-order valence-corrected chi connectivity index (χ4v) is 1.34. The van der Waals surface area contributed by atoms with E-state index in [9.17, 15) is 18.4 Å².